The summed E-state index contributed by atoms with van der Waals surface area (Å²) >= 11 is 5.59. The van der Waals surface area contributed by atoms with Crippen molar-refractivity contribution in [3.63, 3.8) is 0 Å². The first-order valence-corrected chi connectivity index (χ1v) is 6.22. The van der Waals surface area contributed by atoms with Crippen LogP contribution in [-0.4, -0.2) is 12.4 Å². The van der Waals surface area contributed by atoms with Gasteiger partial charge in [-0.3, -0.25) is 4.79 Å². The van der Waals surface area contributed by atoms with E-state index >= 15 is 0 Å². The number of carbonyl (C=O) groups is 1. The maximum atomic E-state index is 13.3. The van der Waals surface area contributed by atoms with Crippen molar-refractivity contribution in [1.29, 1.82) is 0 Å². The first kappa shape index (κ1) is 13.6. The Morgan fingerprint density at radius 1 is 1.21 bits per heavy atom. The third-order valence-corrected chi connectivity index (χ3v) is 2.90. The zero-order valence-electron chi connectivity index (χ0n) is 10.3. The second kappa shape index (κ2) is 5.85. The molecule has 0 saturated heterocycles. The number of carbonyl (C=O) groups excluding carboxylic acids is 1. The Hall–Kier alpha value is -1.87. The van der Waals surface area contributed by atoms with Gasteiger partial charge in [-0.2, -0.15) is 0 Å². The molecule has 0 aromatic heterocycles. The summed E-state index contributed by atoms with van der Waals surface area (Å²) in [5.41, 5.74) is 0.711. The highest BCUT2D eigenvalue weighted by molar-refractivity contribution is 6.30. The van der Waals surface area contributed by atoms with Crippen LogP contribution < -0.4 is 4.74 Å². The van der Waals surface area contributed by atoms with Gasteiger partial charge in [0.25, 0.3) is 0 Å². The second-order valence-electron chi connectivity index (χ2n) is 3.92. The monoisotopic (exact) mass is 278 g/mol. The number of halogens is 2. The summed E-state index contributed by atoms with van der Waals surface area (Å²) in [5, 5.41) is -0.000355. The van der Waals surface area contributed by atoms with Gasteiger partial charge in [-0.15, -0.1) is 0 Å². The highest BCUT2D eigenvalue weighted by Gasteiger charge is 2.12. The van der Waals surface area contributed by atoms with Gasteiger partial charge in [0.05, 0.1) is 11.6 Å². The quantitative estimate of drug-likeness (QED) is 0.787. The Balaban J connectivity index is 2.32. The summed E-state index contributed by atoms with van der Waals surface area (Å²) in [5.74, 6) is -0.256. The van der Waals surface area contributed by atoms with Gasteiger partial charge in [-0.1, -0.05) is 23.7 Å². The third kappa shape index (κ3) is 3.12. The fourth-order valence-corrected chi connectivity index (χ4v) is 1.82. The van der Waals surface area contributed by atoms with E-state index in [1.54, 1.807) is 24.3 Å². The van der Waals surface area contributed by atoms with E-state index in [2.05, 4.69) is 0 Å². The first-order valence-electron chi connectivity index (χ1n) is 5.84. The molecule has 2 nitrogen and oxygen atoms in total. The maximum absolute atomic E-state index is 13.3. The molecule has 0 saturated carbocycles. The zero-order chi connectivity index (χ0) is 13.8. The van der Waals surface area contributed by atoms with Crippen LogP contribution in [0, 0.1) is 5.82 Å². The van der Waals surface area contributed by atoms with E-state index in [0.717, 1.165) is 6.07 Å². The van der Waals surface area contributed by atoms with Crippen LogP contribution in [0.4, 0.5) is 4.39 Å². The van der Waals surface area contributed by atoms with Crippen LogP contribution in [0.15, 0.2) is 42.5 Å². The largest absolute Gasteiger partial charge is 0.494 e. The molecule has 0 aliphatic rings. The average molecular weight is 279 g/mol. The summed E-state index contributed by atoms with van der Waals surface area (Å²) in [6, 6.07) is 10.8. The summed E-state index contributed by atoms with van der Waals surface area (Å²) in [7, 11) is 0. The van der Waals surface area contributed by atoms with E-state index in [0.29, 0.717) is 17.9 Å². The van der Waals surface area contributed by atoms with Gasteiger partial charge in [-0.05, 0) is 37.3 Å². The molecular formula is C15H12ClFO2. The fourth-order valence-electron chi connectivity index (χ4n) is 1.70. The van der Waals surface area contributed by atoms with Crippen LogP contribution in [0.25, 0.3) is 0 Å². The molecule has 2 aromatic rings. The summed E-state index contributed by atoms with van der Waals surface area (Å²) in [4.78, 5) is 12.2. The van der Waals surface area contributed by atoms with Crippen molar-refractivity contribution >= 4 is 17.4 Å². The molecule has 0 aliphatic carbocycles. The van der Waals surface area contributed by atoms with Gasteiger partial charge in [-0.25, -0.2) is 4.39 Å². The number of hydrogen-bond donors (Lipinski definition) is 0. The first-order chi connectivity index (χ1) is 9.11. The van der Waals surface area contributed by atoms with E-state index in [-0.39, 0.29) is 16.4 Å². The molecule has 0 heterocycles. The van der Waals surface area contributed by atoms with Crippen molar-refractivity contribution in [2.45, 2.75) is 6.92 Å². The molecule has 0 unspecified atom stereocenters. The van der Waals surface area contributed by atoms with Gasteiger partial charge < -0.3 is 4.74 Å². The second-order valence-corrected chi connectivity index (χ2v) is 4.33. The summed E-state index contributed by atoms with van der Waals surface area (Å²) in [6.07, 6.45) is 0. The molecule has 4 heteroatoms. The number of hydrogen-bond acceptors (Lipinski definition) is 2. The Labute approximate surface area is 115 Å². The van der Waals surface area contributed by atoms with E-state index in [1.807, 2.05) is 6.92 Å². The Morgan fingerprint density at radius 2 is 1.95 bits per heavy atom. The Bertz CT molecular complexity index is 611. The van der Waals surface area contributed by atoms with Crippen LogP contribution in [0.3, 0.4) is 0 Å². The van der Waals surface area contributed by atoms with Crippen LogP contribution in [0.2, 0.25) is 5.02 Å². The number of ketones is 1. The van der Waals surface area contributed by atoms with Gasteiger partial charge in [0, 0.05) is 11.1 Å². The van der Waals surface area contributed by atoms with Crippen LogP contribution in [-0.2, 0) is 0 Å². The van der Waals surface area contributed by atoms with Crippen molar-refractivity contribution in [1.82, 2.24) is 0 Å². The van der Waals surface area contributed by atoms with E-state index in [4.69, 9.17) is 16.3 Å². The number of ether oxygens (including phenoxy) is 1. The lowest BCUT2D eigenvalue weighted by atomic mass is 10.0. The zero-order valence-corrected chi connectivity index (χ0v) is 11.1. The van der Waals surface area contributed by atoms with Crippen LogP contribution in [0.1, 0.15) is 22.8 Å². The van der Waals surface area contributed by atoms with Gasteiger partial charge in [0.15, 0.2) is 5.78 Å². The minimum Gasteiger partial charge on any atom is -0.494 e. The molecule has 0 amide bonds. The Kier molecular flexibility index (Phi) is 4.17. The SMILES string of the molecule is CCOc1cccc(C(=O)c2ccc(Cl)c(F)c2)c1. The van der Waals surface area contributed by atoms with Crippen LogP contribution in [0.5, 0.6) is 5.75 Å². The molecular weight excluding hydrogens is 267 g/mol. The smallest absolute Gasteiger partial charge is 0.193 e. The minimum absolute atomic E-state index is 0.000355. The molecule has 2 rings (SSSR count). The lowest BCUT2D eigenvalue weighted by Crippen LogP contribution is -2.02. The van der Waals surface area contributed by atoms with Gasteiger partial charge >= 0.3 is 0 Å². The number of benzene rings is 2. The molecule has 0 aliphatic heterocycles. The molecule has 2 aromatic carbocycles. The van der Waals surface area contributed by atoms with E-state index in [9.17, 15) is 9.18 Å². The molecule has 0 atom stereocenters. The normalized spacial score (nSPS) is 10.3. The molecule has 0 radical (unpaired) electrons. The predicted molar refractivity (Wildman–Crippen MR) is 72.5 cm³/mol. The molecule has 0 spiro atoms. The van der Waals surface area contributed by atoms with Crippen molar-refractivity contribution in [3.8, 4) is 5.75 Å². The molecule has 0 N–H and O–H groups in total. The summed E-state index contributed by atoms with van der Waals surface area (Å²) in [6.45, 7) is 2.39. The number of rotatable bonds is 4. The molecule has 0 bridgehead atoms. The van der Waals surface area contributed by atoms with E-state index < -0.39 is 5.82 Å². The van der Waals surface area contributed by atoms with E-state index in [1.165, 1.54) is 12.1 Å². The molecule has 0 fully saturated rings. The topological polar surface area (TPSA) is 26.3 Å². The third-order valence-electron chi connectivity index (χ3n) is 2.59. The van der Waals surface area contributed by atoms with Crippen molar-refractivity contribution < 1.29 is 13.9 Å². The highest BCUT2D eigenvalue weighted by atomic mass is 35.5. The lowest BCUT2D eigenvalue weighted by molar-refractivity contribution is 0.103. The minimum atomic E-state index is -0.603. The lowest BCUT2D eigenvalue weighted by Gasteiger charge is -2.06. The van der Waals surface area contributed by atoms with Gasteiger partial charge in [0.2, 0.25) is 0 Å². The fraction of sp³-hybridized carbons (Fsp3) is 0.133. The van der Waals surface area contributed by atoms with Gasteiger partial charge in [0.1, 0.15) is 11.6 Å². The standard InChI is InChI=1S/C15H12ClFO2/c1-2-19-12-5-3-4-10(8-12)15(18)11-6-7-13(16)14(17)9-11/h3-9H,2H2,1H3. The maximum Gasteiger partial charge on any atom is 0.193 e. The average Bonchev–Trinajstić information content (AvgIpc) is 2.42. The summed E-state index contributed by atoms with van der Waals surface area (Å²) < 4.78 is 18.7. The highest BCUT2D eigenvalue weighted by Crippen LogP contribution is 2.20. The van der Waals surface area contributed by atoms with Crippen LogP contribution >= 0.6 is 11.6 Å². The van der Waals surface area contributed by atoms with Crippen molar-refractivity contribution in [2.75, 3.05) is 6.61 Å². The molecule has 98 valence electrons. The van der Waals surface area contributed by atoms with Crippen molar-refractivity contribution in [3.05, 3.63) is 64.4 Å². The molecule has 19 heavy (non-hydrogen) atoms. The Morgan fingerprint density at radius 3 is 2.63 bits per heavy atom. The predicted octanol–water partition coefficient (Wildman–Crippen LogP) is 4.11. The van der Waals surface area contributed by atoms with Crippen molar-refractivity contribution in [2.24, 2.45) is 0 Å².